The van der Waals surface area contributed by atoms with Crippen molar-refractivity contribution in [3.8, 4) is 0 Å². The van der Waals surface area contributed by atoms with Gasteiger partial charge >= 0.3 is 0 Å². The highest BCUT2D eigenvalue weighted by Gasteiger charge is 2.04. The molecule has 1 N–H and O–H groups in total. The highest BCUT2D eigenvalue weighted by molar-refractivity contribution is 6.69. The third kappa shape index (κ3) is 1.77. The van der Waals surface area contributed by atoms with Crippen LogP contribution in [0, 0.1) is 0 Å². The van der Waals surface area contributed by atoms with Gasteiger partial charge in [0.05, 0.1) is 0 Å². The molecule has 0 aliphatic heterocycles. The maximum Gasteiger partial charge on any atom is 0.175 e. The molecule has 0 atom stereocenters. The van der Waals surface area contributed by atoms with Crippen molar-refractivity contribution < 1.29 is 5.21 Å². The molecule has 0 heterocycles. The molecule has 0 aliphatic rings. The number of oxime groups is 1. The number of benzene rings is 1. The average molecular weight is 184 g/mol. The topological polar surface area (TPSA) is 32.6 Å². The Morgan fingerprint density at radius 3 is 2.75 bits per heavy atom. The minimum absolute atomic E-state index is 0.146. The van der Waals surface area contributed by atoms with Crippen LogP contribution in [0.3, 0.4) is 0 Å². The van der Waals surface area contributed by atoms with E-state index < -0.39 is 0 Å². The normalized spacial score (nSPS) is 11.7. The van der Waals surface area contributed by atoms with E-state index in [9.17, 15) is 0 Å². The molecular formula is C9H10ClNO. The Kier molecular flexibility index (Phi) is 3.11. The fourth-order valence-corrected chi connectivity index (χ4v) is 1.27. The summed E-state index contributed by atoms with van der Waals surface area (Å²) in [6.45, 7) is 2.03. The summed E-state index contributed by atoms with van der Waals surface area (Å²) >= 11 is 5.67. The summed E-state index contributed by atoms with van der Waals surface area (Å²) in [7, 11) is 0. The van der Waals surface area contributed by atoms with Gasteiger partial charge in [0, 0.05) is 5.56 Å². The van der Waals surface area contributed by atoms with E-state index in [0.29, 0.717) is 0 Å². The molecule has 0 spiro atoms. The number of halogens is 1. The van der Waals surface area contributed by atoms with Gasteiger partial charge in [0.15, 0.2) is 5.17 Å². The van der Waals surface area contributed by atoms with Crippen LogP contribution >= 0.6 is 11.6 Å². The maximum atomic E-state index is 8.46. The summed E-state index contributed by atoms with van der Waals surface area (Å²) in [6.07, 6.45) is 0.877. The summed E-state index contributed by atoms with van der Waals surface area (Å²) in [5.74, 6) is 0. The second-order valence-electron chi connectivity index (χ2n) is 2.40. The molecule has 0 radical (unpaired) electrons. The Labute approximate surface area is 76.5 Å². The lowest BCUT2D eigenvalue weighted by molar-refractivity contribution is 0.321. The highest BCUT2D eigenvalue weighted by atomic mass is 35.5. The van der Waals surface area contributed by atoms with Crippen LogP contribution in [-0.4, -0.2) is 10.4 Å². The molecule has 2 nitrogen and oxygen atoms in total. The zero-order valence-corrected chi connectivity index (χ0v) is 7.54. The van der Waals surface area contributed by atoms with Crippen molar-refractivity contribution in [3.63, 3.8) is 0 Å². The molecule has 0 bridgehead atoms. The molecule has 0 aliphatic carbocycles. The predicted molar refractivity (Wildman–Crippen MR) is 50.0 cm³/mol. The molecule has 0 unspecified atom stereocenters. The lowest BCUT2D eigenvalue weighted by atomic mass is 10.1. The van der Waals surface area contributed by atoms with Crippen molar-refractivity contribution in [2.75, 3.05) is 0 Å². The third-order valence-corrected chi connectivity index (χ3v) is 1.99. The molecule has 0 saturated heterocycles. The predicted octanol–water partition coefficient (Wildman–Crippen LogP) is 2.62. The summed E-state index contributed by atoms with van der Waals surface area (Å²) < 4.78 is 0. The Hall–Kier alpha value is -1.02. The molecule has 0 saturated carbocycles. The van der Waals surface area contributed by atoms with E-state index in [4.69, 9.17) is 16.8 Å². The largest absolute Gasteiger partial charge is 0.410 e. The number of nitrogens with zero attached hydrogens (tertiary/aromatic N) is 1. The van der Waals surface area contributed by atoms with Gasteiger partial charge in [-0.3, -0.25) is 0 Å². The Balaban J connectivity index is 3.13. The fourth-order valence-electron chi connectivity index (χ4n) is 1.08. The first-order chi connectivity index (χ1) is 5.79. The number of hydrogen-bond donors (Lipinski definition) is 1. The van der Waals surface area contributed by atoms with Gasteiger partial charge in [-0.25, -0.2) is 0 Å². The first-order valence-corrected chi connectivity index (χ1v) is 4.13. The van der Waals surface area contributed by atoms with Crippen molar-refractivity contribution in [1.29, 1.82) is 0 Å². The van der Waals surface area contributed by atoms with E-state index >= 15 is 0 Å². The molecule has 12 heavy (non-hydrogen) atoms. The van der Waals surface area contributed by atoms with E-state index in [2.05, 4.69) is 5.16 Å². The molecule has 1 aromatic carbocycles. The molecule has 0 fully saturated rings. The lowest BCUT2D eigenvalue weighted by Crippen LogP contribution is -1.96. The van der Waals surface area contributed by atoms with Crippen LogP contribution in [0.25, 0.3) is 0 Å². The van der Waals surface area contributed by atoms with Crippen molar-refractivity contribution in [3.05, 3.63) is 35.4 Å². The van der Waals surface area contributed by atoms with Crippen molar-refractivity contribution in [2.45, 2.75) is 13.3 Å². The Bertz CT molecular complexity index is 296. The van der Waals surface area contributed by atoms with Crippen LogP contribution in [0.1, 0.15) is 18.1 Å². The van der Waals surface area contributed by atoms with Crippen molar-refractivity contribution in [2.24, 2.45) is 5.16 Å². The number of aryl methyl sites for hydroxylation is 1. The van der Waals surface area contributed by atoms with Crippen molar-refractivity contribution >= 4 is 16.8 Å². The van der Waals surface area contributed by atoms with Crippen LogP contribution in [-0.2, 0) is 6.42 Å². The summed E-state index contributed by atoms with van der Waals surface area (Å²) in [4.78, 5) is 0. The molecular weight excluding hydrogens is 174 g/mol. The molecule has 64 valence electrons. The molecule has 0 aromatic heterocycles. The quantitative estimate of drug-likeness (QED) is 0.427. The minimum Gasteiger partial charge on any atom is -0.410 e. The zero-order valence-electron chi connectivity index (χ0n) is 6.79. The summed E-state index contributed by atoms with van der Waals surface area (Å²) in [6, 6.07) is 7.59. The van der Waals surface area contributed by atoms with E-state index in [-0.39, 0.29) is 5.17 Å². The van der Waals surface area contributed by atoms with Crippen LogP contribution in [0.2, 0.25) is 0 Å². The van der Waals surface area contributed by atoms with Gasteiger partial charge in [-0.2, -0.15) is 0 Å². The minimum atomic E-state index is 0.146. The third-order valence-electron chi connectivity index (χ3n) is 1.71. The van der Waals surface area contributed by atoms with Crippen LogP contribution in [0.4, 0.5) is 0 Å². The first kappa shape index (κ1) is 9.07. The number of hydrogen-bond acceptors (Lipinski definition) is 2. The fraction of sp³-hybridized carbons (Fsp3) is 0.222. The van der Waals surface area contributed by atoms with Gasteiger partial charge in [0.25, 0.3) is 0 Å². The molecule has 3 heteroatoms. The Morgan fingerprint density at radius 1 is 1.50 bits per heavy atom. The van der Waals surface area contributed by atoms with Gasteiger partial charge < -0.3 is 5.21 Å². The highest BCUT2D eigenvalue weighted by Crippen LogP contribution is 2.12. The van der Waals surface area contributed by atoms with Gasteiger partial charge in [0.2, 0.25) is 0 Å². The molecule has 0 amide bonds. The van der Waals surface area contributed by atoms with E-state index in [1.165, 1.54) is 0 Å². The maximum absolute atomic E-state index is 8.46. The van der Waals surface area contributed by atoms with E-state index in [1.807, 2.05) is 31.2 Å². The van der Waals surface area contributed by atoms with Gasteiger partial charge in [-0.1, -0.05) is 47.9 Å². The van der Waals surface area contributed by atoms with Gasteiger partial charge in [0.1, 0.15) is 0 Å². The second-order valence-corrected chi connectivity index (χ2v) is 2.76. The van der Waals surface area contributed by atoms with E-state index in [0.717, 1.165) is 17.5 Å². The van der Waals surface area contributed by atoms with Crippen LogP contribution in [0.15, 0.2) is 29.4 Å². The smallest absolute Gasteiger partial charge is 0.175 e. The standard InChI is InChI=1S/C9H10ClNO/c1-2-7-5-3-4-6-8(7)9(10)11-12/h3-6,12H,2H2,1H3/b11-9+. The molecule has 1 aromatic rings. The van der Waals surface area contributed by atoms with E-state index in [1.54, 1.807) is 0 Å². The number of rotatable bonds is 2. The molecule has 1 rings (SSSR count). The average Bonchev–Trinajstić information content (AvgIpc) is 2.16. The van der Waals surface area contributed by atoms with Gasteiger partial charge in [-0.15, -0.1) is 0 Å². The second kappa shape index (κ2) is 4.12. The monoisotopic (exact) mass is 183 g/mol. The lowest BCUT2D eigenvalue weighted by Gasteiger charge is -2.02. The zero-order chi connectivity index (χ0) is 8.97. The summed E-state index contributed by atoms with van der Waals surface area (Å²) in [5, 5.41) is 11.6. The van der Waals surface area contributed by atoms with Crippen molar-refractivity contribution in [1.82, 2.24) is 0 Å². The van der Waals surface area contributed by atoms with Crippen LogP contribution in [0.5, 0.6) is 0 Å². The van der Waals surface area contributed by atoms with Crippen LogP contribution < -0.4 is 0 Å². The Morgan fingerprint density at radius 2 is 2.17 bits per heavy atom. The van der Waals surface area contributed by atoms with Gasteiger partial charge in [-0.05, 0) is 12.0 Å². The summed E-state index contributed by atoms with van der Waals surface area (Å²) in [5.41, 5.74) is 1.88. The first-order valence-electron chi connectivity index (χ1n) is 3.75. The SMILES string of the molecule is CCc1ccccc1/C(Cl)=N\O.